The smallest absolute Gasteiger partial charge is 0.240 e. The van der Waals surface area contributed by atoms with Crippen LogP contribution in [0.25, 0.3) is 0 Å². The van der Waals surface area contributed by atoms with E-state index in [2.05, 4.69) is 20.7 Å². The van der Waals surface area contributed by atoms with Crippen LogP contribution in [0.5, 0.6) is 0 Å². The lowest BCUT2D eigenvalue weighted by molar-refractivity contribution is 0.572. The van der Waals surface area contributed by atoms with E-state index in [4.69, 9.17) is 17.3 Å². The summed E-state index contributed by atoms with van der Waals surface area (Å²) >= 11 is 8.98. The van der Waals surface area contributed by atoms with Crippen molar-refractivity contribution in [3.8, 4) is 0 Å². The molecule has 0 aromatic heterocycles. The fourth-order valence-electron chi connectivity index (χ4n) is 1.15. The van der Waals surface area contributed by atoms with E-state index < -0.39 is 10.0 Å². The largest absolute Gasteiger partial charge is 0.328 e. The van der Waals surface area contributed by atoms with Gasteiger partial charge in [0, 0.05) is 17.1 Å². The second kappa shape index (κ2) is 7.67. The first-order chi connectivity index (χ1) is 7.83. The minimum Gasteiger partial charge on any atom is -0.328 e. The van der Waals surface area contributed by atoms with Crippen molar-refractivity contribution in [3.05, 3.63) is 27.7 Å². The maximum absolute atomic E-state index is 11.9. The van der Waals surface area contributed by atoms with Gasteiger partial charge in [0.05, 0.1) is 9.92 Å². The van der Waals surface area contributed by atoms with Crippen LogP contribution < -0.4 is 10.5 Å². The standard InChI is InChI=1S/C10H14BrClN2O2S.ClH/c1-7(13)4-5-14-17(15,16)8-2-3-10(12)9(11)6-8;/h2-3,6-7,14H,4-5,13H2,1H3;1H. The highest BCUT2D eigenvalue weighted by atomic mass is 79.9. The molecule has 1 unspecified atom stereocenters. The van der Waals surface area contributed by atoms with Gasteiger partial charge >= 0.3 is 0 Å². The molecule has 8 heteroatoms. The van der Waals surface area contributed by atoms with Gasteiger partial charge in [-0.2, -0.15) is 0 Å². The van der Waals surface area contributed by atoms with Gasteiger partial charge in [-0.15, -0.1) is 12.4 Å². The minimum absolute atomic E-state index is 0. The second-order valence-electron chi connectivity index (χ2n) is 3.74. The van der Waals surface area contributed by atoms with Gasteiger partial charge in [-0.05, 0) is 47.5 Å². The van der Waals surface area contributed by atoms with Crippen LogP contribution in [0.15, 0.2) is 27.6 Å². The fraction of sp³-hybridized carbons (Fsp3) is 0.400. The van der Waals surface area contributed by atoms with E-state index in [1.165, 1.54) is 18.2 Å². The van der Waals surface area contributed by atoms with Gasteiger partial charge in [-0.25, -0.2) is 13.1 Å². The number of hydrogen-bond donors (Lipinski definition) is 2. The van der Waals surface area contributed by atoms with Crippen LogP contribution in [0.4, 0.5) is 0 Å². The van der Waals surface area contributed by atoms with Crippen molar-refractivity contribution in [2.24, 2.45) is 5.73 Å². The van der Waals surface area contributed by atoms with Crippen LogP contribution in [0.1, 0.15) is 13.3 Å². The monoisotopic (exact) mass is 376 g/mol. The Morgan fingerprint density at radius 2 is 2.11 bits per heavy atom. The number of hydrogen-bond acceptors (Lipinski definition) is 3. The van der Waals surface area contributed by atoms with Crippen molar-refractivity contribution < 1.29 is 8.42 Å². The maximum atomic E-state index is 11.9. The van der Waals surface area contributed by atoms with Crippen molar-refractivity contribution in [1.29, 1.82) is 0 Å². The molecule has 0 saturated heterocycles. The molecule has 0 saturated carbocycles. The quantitative estimate of drug-likeness (QED) is 0.828. The zero-order valence-electron chi connectivity index (χ0n) is 9.69. The number of nitrogens with one attached hydrogen (secondary N) is 1. The zero-order chi connectivity index (χ0) is 13.1. The van der Waals surface area contributed by atoms with Crippen LogP contribution in [-0.4, -0.2) is 21.0 Å². The molecule has 1 aromatic rings. The predicted octanol–water partition coefficient (Wildman–Crippen LogP) is 2.54. The number of halogens is 3. The summed E-state index contributed by atoms with van der Waals surface area (Å²) in [4.78, 5) is 0.179. The van der Waals surface area contributed by atoms with E-state index in [-0.39, 0.29) is 23.3 Å². The van der Waals surface area contributed by atoms with Gasteiger partial charge in [-0.3, -0.25) is 0 Å². The topological polar surface area (TPSA) is 72.2 Å². The summed E-state index contributed by atoms with van der Waals surface area (Å²) in [5.74, 6) is 0. The third-order valence-corrected chi connectivity index (χ3v) is 4.77. The number of benzene rings is 1. The Labute approximate surface area is 127 Å². The van der Waals surface area contributed by atoms with Gasteiger partial charge in [0.25, 0.3) is 0 Å². The third kappa shape index (κ3) is 5.42. The molecule has 0 heterocycles. The first-order valence-electron chi connectivity index (χ1n) is 5.03. The number of rotatable bonds is 5. The molecular formula is C10H15BrCl2N2O2S. The molecule has 1 rings (SSSR count). The lowest BCUT2D eigenvalue weighted by atomic mass is 10.3. The van der Waals surface area contributed by atoms with Crippen molar-refractivity contribution in [2.75, 3.05) is 6.54 Å². The summed E-state index contributed by atoms with van der Waals surface area (Å²) in [5.41, 5.74) is 5.54. The molecule has 0 spiro atoms. The average Bonchev–Trinajstić information content (AvgIpc) is 2.21. The summed E-state index contributed by atoms with van der Waals surface area (Å²) in [6.07, 6.45) is 0.591. The first-order valence-corrected chi connectivity index (χ1v) is 7.68. The van der Waals surface area contributed by atoms with Crippen molar-refractivity contribution in [1.82, 2.24) is 4.72 Å². The SMILES string of the molecule is CC(N)CCNS(=O)(=O)c1ccc(Cl)c(Br)c1.Cl. The van der Waals surface area contributed by atoms with E-state index in [9.17, 15) is 8.42 Å². The molecule has 0 radical (unpaired) electrons. The van der Waals surface area contributed by atoms with Crippen LogP contribution in [0.3, 0.4) is 0 Å². The van der Waals surface area contributed by atoms with Gasteiger partial charge in [0.15, 0.2) is 0 Å². The molecule has 0 bridgehead atoms. The number of nitrogens with two attached hydrogens (primary N) is 1. The normalized spacial score (nSPS) is 12.9. The molecular weight excluding hydrogens is 363 g/mol. The summed E-state index contributed by atoms with van der Waals surface area (Å²) in [6.45, 7) is 2.15. The molecule has 0 amide bonds. The highest BCUT2D eigenvalue weighted by Gasteiger charge is 2.14. The first kappa shape index (κ1) is 18.1. The average molecular weight is 378 g/mol. The Bertz CT molecular complexity index is 495. The Hall–Kier alpha value is 0.150. The Morgan fingerprint density at radius 3 is 2.61 bits per heavy atom. The molecule has 0 fully saturated rings. The van der Waals surface area contributed by atoms with E-state index in [0.29, 0.717) is 22.5 Å². The second-order valence-corrected chi connectivity index (χ2v) is 6.77. The van der Waals surface area contributed by atoms with Crippen LogP contribution in [0, 0.1) is 0 Å². The van der Waals surface area contributed by atoms with E-state index in [0.717, 1.165) is 0 Å². The van der Waals surface area contributed by atoms with Crippen molar-refractivity contribution in [3.63, 3.8) is 0 Å². The molecule has 4 nitrogen and oxygen atoms in total. The van der Waals surface area contributed by atoms with Gasteiger partial charge < -0.3 is 5.73 Å². The van der Waals surface area contributed by atoms with Crippen LogP contribution in [0.2, 0.25) is 5.02 Å². The highest BCUT2D eigenvalue weighted by molar-refractivity contribution is 9.10. The van der Waals surface area contributed by atoms with Gasteiger partial charge in [0.1, 0.15) is 0 Å². The number of sulfonamides is 1. The molecule has 1 atom stereocenters. The molecule has 104 valence electrons. The van der Waals surface area contributed by atoms with Gasteiger partial charge in [0.2, 0.25) is 10.0 Å². The Balaban J connectivity index is 0.00000289. The third-order valence-electron chi connectivity index (χ3n) is 2.09. The van der Waals surface area contributed by atoms with E-state index in [1.807, 2.05) is 6.92 Å². The summed E-state index contributed by atoms with van der Waals surface area (Å²) in [6, 6.07) is 4.43. The molecule has 1 aromatic carbocycles. The Morgan fingerprint density at radius 1 is 1.50 bits per heavy atom. The summed E-state index contributed by atoms with van der Waals surface area (Å²) < 4.78 is 26.8. The summed E-state index contributed by atoms with van der Waals surface area (Å²) in [5, 5.41) is 0.472. The lowest BCUT2D eigenvalue weighted by Gasteiger charge is -2.09. The van der Waals surface area contributed by atoms with E-state index >= 15 is 0 Å². The Kier molecular flexibility index (Phi) is 7.73. The van der Waals surface area contributed by atoms with Crippen LogP contribution in [-0.2, 0) is 10.0 Å². The fourth-order valence-corrected chi connectivity index (χ4v) is 2.87. The lowest BCUT2D eigenvalue weighted by Crippen LogP contribution is -2.29. The van der Waals surface area contributed by atoms with Crippen LogP contribution >= 0.6 is 39.9 Å². The predicted molar refractivity (Wildman–Crippen MR) is 79.9 cm³/mol. The van der Waals surface area contributed by atoms with Crippen molar-refractivity contribution >= 4 is 50.0 Å². The molecule has 18 heavy (non-hydrogen) atoms. The molecule has 3 N–H and O–H groups in total. The van der Waals surface area contributed by atoms with Crippen molar-refractivity contribution in [2.45, 2.75) is 24.3 Å². The zero-order valence-corrected chi connectivity index (χ0v) is 13.7. The van der Waals surface area contributed by atoms with E-state index in [1.54, 1.807) is 0 Å². The summed E-state index contributed by atoms with van der Waals surface area (Å²) in [7, 11) is -3.49. The molecule has 0 aliphatic carbocycles. The molecule has 0 aliphatic rings. The minimum atomic E-state index is -3.49. The molecule has 0 aliphatic heterocycles. The van der Waals surface area contributed by atoms with Gasteiger partial charge in [-0.1, -0.05) is 11.6 Å². The highest BCUT2D eigenvalue weighted by Crippen LogP contribution is 2.25. The maximum Gasteiger partial charge on any atom is 0.240 e.